The largest absolute Gasteiger partial charge is 0.444 e. The molecule has 1 aromatic rings. The molecule has 0 aliphatic rings. The second-order valence-corrected chi connectivity index (χ2v) is 6.82. The van der Waals surface area contributed by atoms with Crippen molar-refractivity contribution in [3.8, 4) is 12.3 Å². The lowest BCUT2D eigenvalue weighted by molar-refractivity contribution is 0.0349. The number of halogens is 1. The van der Waals surface area contributed by atoms with Gasteiger partial charge in [0.05, 0.1) is 0 Å². The van der Waals surface area contributed by atoms with E-state index in [2.05, 4.69) is 27.2 Å². The number of ether oxygens (including phenoxy) is 1. The van der Waals surface area contributed by atoms with E-state index in [4.69, 9.17) is 11.2 Å². The van der Waals surface area contributed by atoms with Crippen LogP contribution in [0.1, 0.15) is 33.3 Å². The molecule has 0 aliphatic carbocycles. The van der Waals surface area contributed by atoms with Crippen LogP contribution in [0.4, 0.5) is 4.79 Å². The molecule has 0 heterocycles. The molecular weight excluding hydrogens is 334 g/mol. The molecular formula is C16H20BrNO3. The number of benzene rings is 1. The molecule has 1 aromatic carbocycles. The van der Waals surface area contributed by atoms with Gasteiger partial charge in [0.1, 0.15) is 17.2 Å². The van der Waals surface area contributed by atoms with Crippen molar-refractivity contribution in [2.45, 2.75) is 44.9 Å². The number of carbonyl (C=O) groups is 1. The van der Waals surface area contributed by atoms with E-state index < -0.39 is 23.3 Å². The maximum Gasteiger partial charge on any atom is 0.408 e. The van der Waals surface area contributed by atoms with Crippen molar-refractivity contribution in [3.05, 3.63) is 34.3 Å². The normalized spacial score (nSPS) is 15.5. The topological polar surface area (TPSA) is 58.6 Å². The summed E-state index contributed by atoms with van der Waals surface area (Å²) in [6, 6.07) is 7.22. The van der Waals surface area contributed by atoms with Crippen molar-refractivity contribution < 1.29 is 14.6 Å². The van der Waals surface area contributed by atoms with Gasteiger partial charge in [0.25, 0.3) is 0 Å². The number of aliphatic hydroxyl groups is 1. The van der Waals surface area contributed by atoms with E-state index in [9.17, 15) is 9.90 Å². The average Bonchev–Trinajstić information content (AvgIpc) is 2.35. The first-order valence-corrected chi connectivity index (χ1v) is 7.29. The van der Waals surface area contributed by atoms with Gasteiger partial charge in [-0.3, -0.25) is 0 Å². The minimum Gasteiger partial charge on any atom is -0.444 e. The highest BCUT2D eigenvalue weighted by Gasteiger charge is 2.37. The first-order valence-electron chi connectivity index (χ1n) is 6.50. The van der Waals surface area contributed by atoms with Crippen molar-refractivity contribution in [1.82, 2.24) is 5.32 Å². The molecule has 0 fully saturated rings. The van der Waals surface area contributed by atoms with Crippen LogP contribution in [0.15, 0.2) is 28.7 Å². The van der Waals surface area contributed by atoms with Crippen LogP contribution in [0.5, 0.6) is 0 Å². The summed E-state index contributed by atoms with van der Waals surface area (Å²) in [7, 11) is 0. The van der Waals surface area contributed by atoms with Gasteiger partial charge in [-0.2, -0.15) is 0 Å². The number of amides is 1. The minimum absolute atomic E-state index is 0.636. The molecule has 2 N–H and O–H groups in total. The van der Waals surface area contributed by atoms with E-state index in [1.54, 1.807) is 45.9 Å². The van der Waals surface area contributed by atoms with Gasteiger partial charge in [-0.05, 0) is 45.4 Å². The van der Waals surface area contributed by atoms with Gasteiger partial charge in [0.2, 0.25) is 0 Å². The molecule has 0 saturated heterocycles. The molecule has 2 atom stereocenters. The number of aliphatic hydroxyl groups excluding tert-OH is 1. The fourth-order valence-electron chi connectivity index (χ4n) is 1.79. The van der Waals surface area contributed by atoms with Gasteiger partial charge in [-0.1, -0.05) is 34.0 Å². The average molecular weight is 354 g/mol. The highest BCUT2D eigenvalue weighted by Crippen LogP contribution is 2.27. The lowest BCUT2D eigenvalue weighted by Crippen LogP contribution is -2.52. The van der Waals surface area contributed by atoms with E-state index in [0.29, 0.717) is 5.56 Å². The molecule has 0 radical (unpaired) electrons. The highest BCUT2D eigenvalue weighted by molar-refractivity contribution is 9.10. The summed E-state index contributed by atoms with van der Waals surface area (Å²) in [5, 5.41) is 12.8. The third-order valence-electron chi connectivity index (χ3n) is 2.89. The quantitative estimate of drug-likeness (QED) is 0.820. The summed E-state index contributed by atoms with van der Waals surface area (Å²) in [5.41, 5.74) is -1.11. The molecule has 5 heteroatoms. The Morgan fingerprint density at radius 2 is 2.05 bits per heavy atom. The van der Waals surface area contributed by atoms with E-state index in [0.717, 1.165) is 4.47 Å². The van der Waals surface area contributed by atoms with Gasteiger partial charge in [-0.25, -0.2) is 4.79 Å². The number of alkyl carbamates (subject to hydrolysis) is 1. The van der Waals surface area contributed by atoms with Crippen LogP contribution >= 0.6 is 15.9 Å². The number of hydrogen-bond donors (Lipinski definition) is 2. The molecule has 0 aromatic heterocycles. The van der Waals surface area contributed by atoms with Gasteiger partial charge < -0.3 is 15.2 Å². The van der Waals surface area contributed by atoms with Crippen LogP contribution in [-0.2, 0) is 10.3 Å². The zero-order chi connectivity index (χ0) is 16.3. The van der Waals surface area contributed by atoms with E-state index in [1.807, 2.05) is 6.07 Å². The molecule has 0 bridgehead atoms. The summed E-state index contributed by atoms with van der Waals surface area (Å²) in [4.78, 5) is 12.0. The van der Waals surface area contributed by atoms with Crippen molar-refractivity contribution >= 4 is 22.0 Å². The predicted octanol–water partition coefficient (Wildman–Crippen LogP) is 3.18. The van der Waals surface area contributed by atoms with Gasteiger partial charge in [-0.15, -0.1) is 6.42 Å². The third-order valence-corrected chi connectivity index (χ3v) is 3.38. The third kappa shape index (κ3) is 4.76. The van der Waals surface area contributed by atoms with Crippen LogP contribution in [0, 0.1) is 12.3 Å². The van der Waals surface area contributed by atoms with Crippen molar-refractivity contribution in [2.75, 3.05) is 0 Å². The number of rotatable bonds is 3. The van der Waals surface area contributed by atoms with Crippen LogP contribution in [0.25, 0.3) is 0 Å². The van der Waals surface area contributed by atoms with Gasteiger partial charge in [0, 0.05) is 4.47 Å². The van der Waals surface area contributed by atoms with Crippen LogP contribution in [0.2, 0.25) is 0 Å². The van der Waals surface area contributed by atoms with E-state index >= 15 is 0 Å². The zero-order valence-corrected chi connectivity index (χ0v) is 14.2. The Hall–Kier alpha value is -1.51. The molecule has 21 heavy (non-hydrogen) atoms. The van der Waals surface area contributed by atoms with Crippen LogP contribution in [-0.4, -0.2) is 22.9 Å². The Kier molecular flexibility index (Phi) is 5.43. The Balaban J connectivity index is 3.12. The minimum atomic E-state index is -1.20. The molecule has 2 unspecified atom stereocenters. The number of nitrogens with one attached hydrogen (secondary N) is 1. The second-order valence-electron chi connectivity index (χ2n) is 5.91. The molecule has 1 rings (SSSR count). The molecule has 0 aliphatic heterocycles. The van der Waals surface area contributed by atoms with Gasteiger partial charge in [0.15, 0.2) is 0 Å². The van der Waals surface area contributed by atoms with E-state index in [-0.39, 0.29) is 0 Å². The van der Waals surface area contributed by atoms with E-state index in [1.165, 1.54) is 0 Å². The summed E-state index contributed by atoms with van der Waals surface area (Å²) >= 11 is 3.36. The van der Waals surface area contributed by atoms with Crippen LogP contribution < -0.4 is 5.32 Å². The zero-order valence-electron chi connectivity index (χ0n) is 12.6. The number of hydrogen-bond acceptors (Lipinski definition) is 3. The first-order chi connectivity index (χ1) is 9.58. The molecule has 114 valence electrons. The van der Waals surface area contributed by atoms with Gasteiger partial charge >= 0.3 is 6.09 Å². The first kappa shape index (κ1) is 17.5. The lowest BCUT2D eigenvalue weighted by Gasteiger charge is -2.34. The van der Waals surface area contributed by atoms with Crippen molar-refractivity contribution in [3.63, 3.8) is 0 Å². The molecule has 0 spiro atoms. The molecule has 4 nitrogen and oxygen atoms in total. The number of terminal acetylenes is 1. The maximum absolute atomic E-state index is 12.0. The maximum atomic E-state index is 12.0. The standard InChI is InChI=1S/C16H20BrNO3/c1-6-13(19)16(5,11-8-7-9-12(17)10-11)18-14(20)21-15(2,3)4/h1,7-10,13,19H,2-5H3,(H,18,20). The van der Waals surface area contributed by atoms with Crippen molar-refractivity contribution in [2.24, 2.45) is 0 Å². The smallest absolute Gasteiger partial charge is 0.408 e. The summed E-state index contributed by atoms with van der Waals surface area (Å²) in [6.07, 6.45) is 3.50. The Bertz CT molecular complexity index is 559. The lowest BCUT2D eigenvalue weighted by atomic mass is 9.86. The number of carbonyl (C=O) groups excluding carboxylic acids is 1. The Labute approximate surface area is 134 Å². The summed E-state index contributed by atoms with van der Waals surface area (Å²) in [5.74, 6) is 2.26. The molecule has 1 amide bonds. The second kappa shape index (κ2) is 6.50. The fraction of sp³-hybridized carbons (Fsp3) is 0.438. The summed E-state index contributed by atoms with van der Waals surface area (Å²) in [6.45, 7) is 6.95. The summed E-state index contributed by atoms with van der Waals surface area (Å²) < 4.78 is 6.06. The van der Waals surface area contributed by atoms with Crippen LogP contribution in [0.3, 0.4) is 0 Å². The highest BCUT2D eigenvalue weighted by atomic mass is 79.9. The molecule has 0 saturated carbocycles. The monoisotopic (exact) mass is 353 g/mol. The Morgan fingerprint density at radius 1 is 1.43 bits per heavy atom. The fourth-order valence-corrected chi connectivity index (χ4v) is 2.19. The SMILES string of the molecule is C#CC(O)C(C)(NC(=O)OC(C)(C)C)c1cccc(Br)c1. The predicted molar refractivity (Wildman–Crippen MR) is 85.7 cm³/mol. The van der Waals surface area contributed by atoms with Crippen molar-refractivity contribution in [1.29, 1.82) is 0 Å². The Morgan fingerprint density at radius 3 is 2.52 bits per heavy atom.